The van der Waals surface area contributed by atoms with E-state index in [-0.39, 0.29) is 42.0 Å². The molecule has 0 aliphatic carbocycles. The molecule has 0 radical (unpaired) electrons. The van der Waals surface area contributed by atoms with E-state index in [0.717, 1.165) is 5.01 Å². The van der Waals surface area contributed by atoms with Crippen LogP contribution in [0.3, 0.4) is 0 Å². The second-order valence-corrected chi connectivity index (χ2v) is 6.65. The van der Waals surface area contributed by atoms with E-state index < -0.39 is 30.6 Å². The van der Waals surface area contributed by atoms with Crippen molar-refractivity contribution in [1.29, 1.82) is 0 Å². The minimum absolute atomic E-state index is 0.0329. The molecule has 26 heavy (non-hydrogen) atoms. The van der Waals surface area contributed by atoms with Gasteiger partial charge in [0.2, 0.25) is 0 Å². The van der Waals surface area contributed by atoms with Crippen molar-refractivity contribution >= 4 is 40.8 Å². The Morgan fingerprint density at radius 3 is 2.42 bits per heavy atom. The van der Waals surface area contributed by atoms with Crippen molar-refractivity contribution in [3.63, 3.8) is 0 Å². The van der Waals surface area contributed by atoms with Gasteiger partial charge in [0.15, 0.2) is 5.92 Å². The monoisotopic (exact) mass is 411 g/mol. The molecule has 1 aromatic rings. The Balaban J connectivity index is 1.98. The lowest BCUT2D eigenvalue weighted by molar-refractivity contribution is -0.175. The molecule has 11 heteroatoms. The summed E-state index contributed by atoms with van der Waals surface area (Å²) >= 11 is 11.9. The first-order valence-electron chi connectivity index (χ1n) is 7.70. The van der Waals surface area contributed by atoms with Crippen LogP contribution < -0.4 is 5.01 Å². The summed E-state index contributed by atoms with van der Waals surface area (Å²) < 4.78 is 45.0. The lowest BCUT2D eigenvalue weighted by Crippen LogP contribution is -2.52. The van der Waals surface area contributed by atoms with Gasteiger partial charge in [-0.2, -0.15) is 13.2 Å². The van der Waals surface area contributed by atoms with Crippen molar-refractivity contribution in [2.24, 2.45) is 5.92 Å². The van der Waals surface area contributed by atoms with E-state index in [1.165, 1.54) is 23.1 Å². The zero-order valence-corrected chi connectivity index (χ0v) is 14.8. The van der Waals surface area contributed by atoms with E-state index in [2.05, 4.69) is 0 Å². The third kappa shape index (κ3) is 3.56. The third-order valence-electron chi connectivity index (χ3n) is 4.14. The van der Waals surface area contributed by atoms with Crippen molar-refractivity contribution < 1.29 is 27.5 Å². The minimum atomic E-state index is -4.78. The number of morpholine rings is 1. The van der Waals surface area contributed by atoms with Crippen LogP contribution in [0.5, 0.6) is 0 Å². The van der Waals surface area contributed by atoms with Gasteiger partial charge in [-0.15, -0.1) is 0 Å². The number of halogens is 5. The fraction of sp³-hybridized carbons (Fsp3) is 0.467. The Morgan fingerprint density at radius 2 is 1.85 bits per heavy atom. The summed E-state index contributed by atoms with van der Waals surface area (Å²) in [6.45, 7) is 0.193. The highest BCUT2D eigenvalue weighted by atomic mass is 35.5. The van der Waals surface area contributed by atoms with Crippen molar-refractivity contribution in [2.45, 2.75) is 6.18 Å². The fourth-order valence-electron chi connectivity index (χ4n) is 2.83. The molecule has 0 spiro atoms. The number of rotatable bonds is 1. The molecule has 142 valence electrons. The summed E-state index contributed by atoms with van der Waals surface area (Å²) in [4.78, 5) is 26.6. The lowest BCUT2D eigenvalue weighted by atomic mass is 10.1. The van der Waals surface area contributed by atoms with Gasteiger partial charge >= 0.3 is 12.2 Å². The highest BCUT2D eigenvalue weighted by molar-refractivity contribution is 6.36. The van der Waals surface area contributed by atoms with Gasteiger partial charge in [-0.25, -0.2) is 14.8 Å². The van der Waals surface area contributed by atoms with Crippen molar-refractivity contribution in [1.82, 2.24) is 9.91 Å². The van der Waals surface area contributed by atoms with Crippen molar-refractivity contribution in [2.75, 3.05) is 37.9 Å². The number of benzene rings is 1. The molecule has 1 atom stereocenters. The smallest absolute Gasteiger partial charge is 0.378 e. The average molecular weight is 412 g/mol. The molecule has 0 bridgehead atoms. The summed E-state index contributed by atoms with van der Waals surface area (Å²) in [5.41, 5.74) is -0.0329. The zero-order chi connectivity index (χ0) is 19.1. The van der Waals surface area contributed by atoms with E-state index in [1.807, 2.05) is 0 Å². The first-order chi connectivity index (χ1) is 12.2. The molecule has 2 fully saturated rings. The van der Waals surface area contributed by atoms with Crippen LogP contribution in [0.4, 0.5) is 23.7 Å². The number of hydrazine groups is 1. The summed E-state index contributed by atoms with van der Waals surface area (Å²) in [6.07, 6.45) is -4.78. The van der Waals surface area contributed by atoms with Crippen molar-refractivity contribution in [3.8, 4) is 0 Å². The van der Waals surface area contributed by atoms with Gasteiger partial charge in [0.1, 0.15) is 0 Å². The predicted molar refractivity (Wildman–Crippen MR) is 88.0 cm³/mol. The number of carbonyl (C=O) groups excluding carboxylic acids is 2. The van der Waals surface area contributed by atoms with Crippen LogP contribution in [0, 0.1) is 5.92 Å². The molecule has 1 aromatic carbocycles. The van der Waals surface area contributed by atoms with Crippen LogP contribution in [0.1, 0.15) is 0 Å². The molecule has 2 saturated heterocycles. The Kier molecular flexibility index (Phi) is 5.23. The molecular formula is C15H14Cl2F3N3O3. The van der Waals surface area contributed by atoms with Gasteiger partial charge in [0.25, 0.3) is 5.91 Å². The zero-order valence-electron chi connectivity index (χ0n) is 13.3. The molecule has 2 aliphatic heterocycles. The van der Waals surface area contributed by atoms with E-state index in [0.29, 0.717) is 5.01 Å². The molecule has 1 unspecified atom stereocenters. The fourth-order valence-corrected chi connectivity index (χ4v) is 3.31. The van der Waals surface area contributed by atoms with Gasteiger partial charge in [-0.1, -0.05) is 23.2 Å². The highest BCUT2D eigenvalue weighted by Crippen LogP contribution is 2.39. The van der Waals surface area contributed by atoms with Crippen LogP contribution in [0.2, 0.25) is 10.0 Å². The Morgan fingerprint density at radius 1 is 1.19 bits per heavy atom. The topological polar surface area (TPSA) is 53.1 Å². The van der Waals surface area contributed by atoms with Crippen LogP contribution in [-0.2, 0) is 9.53 Å². The quantitative estimate of drug-likeness (QED) is 0.712. The number of amides is 3. The van der Waals surface area contributed by atoms with Crippen LogP contribution in [0.15, 0.2) is 18.2 Å². The summed E-state index contributed by atoms with van der Waals surface area (Å²) in [5, 5.41) is 1.69. The van der Waals surface area contributed by atoms with Crippen LogP contribution in [-0.4, -0.2) is 60.9 Å². The van der Waals surface area contributed by atoms with Gasteiger partial charge in [-0.05, 0) is 18.2 Å². The van der Waals surface area contributed by atoms with Gasteiger partial charge in [0.05, 0.1) is 30.5 Å². The molecule has 2 heterocycles. The molecule has 6 nitrogen and oxygen atoms in total. The molecule has 0 N–H and O–H groups in total. The second kappa shape index (κ2) is 7.13. The number of hydrogen-bond donors (Lipinski definition) is 0. The second-order valence-electron chi connectivity index (χ2n) is 5.80. The van der Waals surface area contributed by atoms with E-state index in [1.54, 1.807) is 0 Å². The largest absolute Gasteiger partial charge is 0.402 e. The summed E-state index contributed by atoms with van der Waals surface area (Å²) in [6, 6.07) is 3.28. The minimum Gasteiger partial charge on any atom is -0.378 e. The summed E-state index contributed by atoms with van der Waals surface area (Å²) in [7, 11) is 0. The average Bonchev–Trinajstić information content (AvgIpc) is 2.92. The molecule has 0 aromatic heterocycles. The first-order valence-corrected chi connectivity index (χ1v) is 8.45. The number of anilines is 1. The lowest BCUT2D eigenvalue weighted by Gasteiger charge is -2.35. The molecule has 3 rings (SSSR count). The Hall–Kier alpha value is -1.71. The maximum Gasteiger partial charge on any atom is 0.402 e. The molecular weight excluding hydrogens is 398 g/mol. The first kappa shape index (κ1) is 19.1. The molecule has 0 saturated carbocycles. The molecule has 2 aliphatic rings. The number of alkyl halides is 3. The number of urea groups is 1. The number of hydrogen-bond acceptors (Lipinski definition) is 3. The predicted octanol–water partition coefficient (Wildman–Crippen LogP) is 3.19. The van der Waals surface area contributed by atoms with Gasteiger partial charge in [-0.3, -0.25) is 4.79 Å². The number of carbonyl (C=O) groups is 2. The van der Waals surface area contributed by atoms with Gasteiger partial charge in [0, 0.05) is 18.1 Å². The highest BCUT2D eigenvalue weighted by Gasteiger charge is 2.55. The normalized spacial score (nSPS) is 21.5. The van der Waals surface area contributed by atoms with E-state index in [9.17, 15) is 22.8 Å². The van der Waals surface area contributed by atoms with E-state index >= 15 is 0 Å². The third-order valence-corrected chi connectivity index (χ3v) is 4.68. The Labute approximate surface area is 156 Å². The SMILES string of the molecule is O=C(N1CCOCC1)N1CC(C(F)(F)F)C(=O)N1c1ccc(Cl)cc1Cl. The number of nitrogens with zero attached hydrogens (tertiary/aromatic N) is 3. The Bertz CT molecular complexity index is 726. The van der Waals surface area contributed by atoms with Crippen LogP contribution in [0.25, 0.3) is 0 Å². The van der Waals surface area contributed by atoms with Crippen LogP contribution >= 0.6 is 23.2 Å². The standard InChI is InChI=1S/C15H14Cl2F3N3O3/c16-9-1-2-12(11(17)7-9)23-13(24)10(15(18,19)20)8-22(23)14(25)21-3-5-26-6-4-21/h1-2,7,10H,3-6,8H2. The maximum atomic E-state index is 13.3. The number of ether oxygens (including phenoxy) is 1. The van der Waals surface area contributed by atoms with E-state index in [4.69, 9.17) is 27.9 Å². The summed E-state index contributed by atoms with van der Waals surface area (Å²) in [5.74, 6) is -3.58. The van der Waals surface area contributed by atoms with Gasteiger partial charge < -0.3 is 9.64 Å². The maximum absolute atomic E-state index is 13.3. The van der Waals surface area contributed by atoms with Crippen molar-refractivity contribution in [3.05, 3.63) is 28.2 Å². The molecule has 3 amide bonds.